The van der Waals surface area contributed by atoms with Crippen LogP contribution in [0.25, 0.3) is 28.2 Å². The number of aromatic nitrogens is 6. The molecule has 6 rings (SSSR count). The van der Waals surface area contributed by atoms with Crippen LogP contribution in [-0.4, -0.2) is 67.3 Å². The van der Waals surface area contributed by atoms with Crippen LogP contribution in [-0.2, 0) is 13.6 Å². The van der Waals surface area contributed by atoms with Crippen molar-refractivity contribution in [1.29, 1.82) is 0 Å². The first-order chi connectivity index (χ1) is 17.6. The summed E-state index contributed by atoms with van der Waals surface area (Å²) in [4.78, 5) is 18.4. The van der Waals surface area contributed by atoms with Gasteiger partial charge in [0.05, 0.1) is 23.8 Å². The summed E-state index contributed by atoms with van der Waals surface area (Å²) in [5, 5.41) is 7.67. The standard InChI is InChI=1S/C27H29N9/c1-33-9-11-35(12-10-33)23-7-8-36-25(17-29-27(36)13-23)24-14-26(31-19-30-24)28-15-20-3-5-21(6-4-20)22-16-32-34(2)18-22/h3-8,13-14,16-19H,9-12,15H2,1-2H3,(H,28,30,31). The summed E-state index contributed by atoms with van der Waals surface area (Å²) in [5.74, 6) is 0.778. The number of pyridine rings is 1. The van der Waals surface area contributed by atoms with Gasteiger partial charge in [-0.1, -0.05) is 24.3 Å². The Labute approximate surface area is 210 Å². The van der Waals surface area contributed by atoms with Crippen LogP contribution in [0.4, 0.5) is 11.5 Å². The zero-order valence-electron chi connectivity index (χ0n) is 20.5. The first-order valence-electron chi connectivity index (χ1n) is 12.2. The number of benzene rings is 1. The van der Waals surface area contributed by atoms with Gasteiger partial charge >= 0.3 is 0 Å². The Morgan fingerprint density at radius 3 is 2.47 bits per heavy atom. The van der Waals surface area contributed by atoms with Gasteiger partial charge in [0.1, 0.15) is 17.8 Å². The van der Waals surface area contributed by atoms with Crippen molar-refractivity contribution < 1.29 is 0 Å². The highest BCUT2D eigenvalue weighted by atomic mass is 15.3. The zero-order valence-corrected chi connectivity index (χ0v) is 20.5. The number of nitrogens with one attached hydrogen (secondary N) is 1. The highest BCUT2D eigenvalue weighted by Crippen LogP contribution is 2.25. The molecule has 1 aliphatic rings. The predicted octanol–water partition coefficient (Wildman–Crippen LogP) is 3.56. The third-order valence-corrected chi connectivity index (χ3v) is 6.76. The highest BCUT2D eigenvalue weighted by molar-refractivity contribution is 5.66. The van der Waals surface area contributed by atoms with Gasteiger partial charge in [0.25, 0.3) is 0 Å². The summed E-state index contributed by atoms with van der Waals surface area (Å²) in [6, 6.07) is 14.8. The first kappa shape index (κ1) is 22.2. The number of hydrogen-bond acceptors (Lipinski definition) is 7. The van der Waals surface area contributed by atoms with Crippen molar-refractivity contribution in [2.45, 2.75) is 6.54 Å². The molecule has 0 radical (unpaired) electrons. The summed E-state index contributed by atoms with van der Waals surface area (Å²) in [5.41, 5.74) is 7.35. The van der Waals surface area contributed by atoms with E-state index in [1.165, 1.54) is 11.3 Å². The summed E-state index contributed by atoms with van der Waals surface area (Å²) >= 11 is 0. The van der Waals surface area contributed by atoms with Gasteiger partial charge in [0.2, 0.25) is 0 Å². The molecule has 0 saturated carbocycles. The van der Waals surface area contributed by atoms with E-state index in [4.69, 9.17) is 0 Å². The van der Waals surface area contributed by atoms with E-state index < -0.39 is 0 Å². The molecule has 1 aromatic carbocycles. The summed E-state index contributed by atoms with van der Waals surface area (Å²) in [6.07, 6.45) is 9.46. The van der Waals surface area contributed by atoms with Gasteiger partial charge in [0, 0.05) is 75.5 Å². The number of fused-ring (bicyclic) bond motifs is 1. The second-order valence-corrected chi connectivity index (χ2v) is 9.29. The number of anilines is 2. The SMILES string of the molecule is CN1CCN(c2ccn3c(-c4cc(NCc5ccc(-c6cnn(C)c6)cc5)ncn4)cnc3c2)CC1. The smallest absolute Gasteiger partial charge is 0.139 e. The molecule has 1 saturated heterocycles. The summed E-state index contributed by atoms with van der Waals surface area (Å²) < 4.78 is 3.90. The Morgan fingerprint density at radius 1 is 0.861 bits per heavy atom. The second kappa shape index (κ2) is 9.43. The van der Waals surface area contributed by atoms with Crippen molar-refractivity contribution >= 4 is 17.2 Å². The fraction of sp³-hybridized carbons (Fsp3) is 0.259. The van der Waals surface area contributed by atoms with E-state index in [9.17, 15) is 0 Å². The van der Waals surface area contributed by atoms with E-state index in [1.807, 2.05) is 36.4 Å². The molecular formula is C27H29N9. The predicted molar refractivity (Wildman–Crippen MR) is 142 cm³/mol. The molecular weight excluding hydrogens is 450 g/mol. The van der Waals surface area contributed by atoms with Crippen LogP contribution in [0.2, 0.25) is 0 Å². The lowest BCUT2D eigenvalue weighted by atomic mass is 10.1. The van der Waals surface area contributed by atoms with Crippen LogP contribution in [0.1, 0.15) is 5.56 Å². The van der Waals surface area contributed by atoms with Crippen LogP contribution in [0.3, 0.4) is 0 Å². The van der Waals surface area contributed by atoms with Crippen LogP contribution >= 0.6 is 0 Å². The van der Waals surface area contributed by atoms with E-state index in [-0.39, 0.29) is 0 Å². The Hall–Kier alpha value is -4.24. The average Bonchev–Trinajstić information content (AvgIpc) is 3.54. The molecule has 0 bridgehead atoms. The summed E-state index contributed by atoms with van der Waals surface area (Å²) in [6.45, 7) is 4.90. The van der Waals surface area contributed by atoms with Crippen molar-refractivity contribution in [2.24, 2.45) is 7.05 Å². The number of rotatable bonds is 6. The Bertz CT molecular complexity index is 1480. The molecule has 0 atom stereocenters. The van der Waals surface area contributed by atoms with Crippen molar-refractivity contribution in [3.8, 4) is 22.5 Å². The number of piperazine rings is 1. The van der Waals surface area contributed by atoms with Gasteiger partial charge in [-0.2, -0.15) is 5.10 Å². The number of likely N-dealkylation sites (N-methyl/N-ethyl adjacent to an activating group) is 1. The third-order valence-electron chi connectivity index (χ3n) is 6.76. The van der Waals surface area contributed by atoms with Gasteiger partial charge in [0.15, 0.2) is 0 Å². The summed E-state index contributed by atoms with van der Waals surface area (Å²) in [7, 11) is 4.10. The molecule has 1 fully saturated rings. The molecule has 9 heteroatoms. The van der Waals surface area contributed by atoms with E-state index in [0.717, 1.165) is 60.2 Å². The lowest BCUT2D eigenvalue weighted by Crippen LogP contribution is -2.44. The van der Waals surface area contributed by atoms with Crippen LogP contribution < -0.4 is 10.2 Å². The van der Waals surface area contributed by atoms with Crippen molar-refractivity contribution in [1.82, 2.24) is 34.0 Å². The monoisotopic (exact) mass is 479 g/mol. The van der Waals surface area contributed by atoms with Crippen molar-refractivity contribution in [3.63, 3.8) is 0 Å². The van der Waals surface area contributed by atoms with E-state index in [1.54, 1.807) is 6.33 Å². The molecule has 182 valence electrons. The van der Waals surface area contributed by atoms with Gasteiger partial charge < -0.3 is 15.1 Å². The fourth-order valence-electron chi connectivity index (χ4n) is 4.59. The molecule has 0 spiro atoms. The zero-order chi connectivity index (χ0) is 24.5. The number of aryl methyl sites for hydroxylation is 1. The Balaban J connectivity index is 1.16. The maximum atomic E-state index is 4.66. The quantitative estimate of drug-likeness (QED) is 0.399. The second-order valence-electron chi connectivity index (χ2n) is 9.29. The lowest BCUT2D eigenvalue weighted by molar-refractivity contribution is 0.313. The molecule has 5 heterocycles. The molecule has 1 N–H and O–H groups in total. The minimum atomic E-state index is 0.672. The van der Waals surface area contributed by atoms with E-state index in [2.05, 4.69) is 89.2 Å². The molecule has 5 aromatic rings. The fourth-order valence-corrected chi connectivity index (χ4v) is 4.59. The highest BCUT2D eigenvalue weighted by Gasteiger charge is 2.16. The lowest BCUT2D eigenvalue weighted by Gasteiger charge is -2.34. The molecule has 0 amide bonds. The number of hydrogen-bond donors (Lipinski definition) is 1. The van der Waals surface area contributed by atoms with E-state index >= 15 is 0 Å². The minimum Gasteiger partial charge on any atom is -0.369 e. The van der Waals surface area contributed by atoms with Crippen LogP contribution in [0, 0.1) is 0 Å². The van der Waals surface area contributed by atoms with Gasteiger partial charge in [-0.25, -0.2) is 15.0 Å². The molecule has 4 aromatic heterocycles. The van der Waals surface area contributed by atoms with Gasteiger partial charge in [-0.3, -0.25) is 9.08 Å². The van der Waals surface area contributed by atoms with E-state index in [0.29, 0.717) is 6.54 Å². The number of nitrogens with zero attached hydrogens (tertiary/aromatic N) is 8. The topological polar surface area (TPSA) is 79.4 Å². The Morgan fingerprint density at radius 2 is 1.69 bits per heavy atom. The Kier molecular flexibility index (Phi) is 5.82. The average molecular weight is 480 g/mol. The third kappa shape index (κ3) is 4.52. The van der Waals surface area contributed by atoms with Gasteiger partial charge in [-0.05, 0) is 24.2 Å². The maximum absolute atomic E-state index is 4.66. The van der Waals surface area contributed by atoms with Crippen molar-refractivity contribution in [3.05, 3.63) is 79.1 Å². The molecule has 1 aliphatic heterocycles. The van der Waals surface area contributed by atoms with Crippen molar-refractivity contribution in [2.75, 3.05) is 43.4 Å². The number of imidazole rings is 1. The van der Waals surface area contributed by atoms with Crippen LogP contribution in [0.5, 0.6) is 0 Å². The largest absolute Gasteiger partial charge is 0.369 e. The minimum absolute atomic E-state index is 0.672. The normalized spacial score (nSPS) is 14.4. The maximum Gasteiger partial charge on any atom is 0.139 e. The first-order valence-corrected chi connectivity index (χ1v) is 12.2. The molecule has 36 heavy (non-hydrogen) atoms. The van der Waals surface area contributed by atoms with Crippen LogP contribution in [0.15, 0.2) is 73.6 Å². The molecule has 0 aliphatic carbocycles. The molecule has 9 nitrogen and oxygen atoms in total. The molecule has 0 unspecified atom stereocenters. The van der Waals surface area contributed by atoms with Gasteiger partial charge in [-0.15, -0.1) is 0 Å².